The van der Waals surface area contributed by atoms with Gasteiger partial charge in [-0.2, -0.15) is 9.61 Å². The van der Waals surface area contributed by atoms with Gasteiger partial charge in [-0.25, -0.2) is 4.98 Å². The van der Waals surface area contributed by atoms with Gasteiger partial charge in [-0.15, -0.1) is 0 Å². The van der Waals surface area contributed by atoms with Crippen molar-refractivity contribution in [2.24, 2.45) is 0 Å². The summed E-state index contributed by atoms with van der Waals surface area (Å²) < 4.78 is 1.67. The second-order valence-electron chi connectivity index (χ2n) is 6.69. The number of nitro groups is 1. The summed E-state index contributed by atoms with van der Waals surface area (Å²) in [4.78, 5) is 27.1. The lowest BCUT2D eigenvalue weighted by molar-refractivity contribution is -0.384. The number of carbonyl (C=O) groups is 1. The molecule has 2 aromatic carbocycles. The molecule has 0 atom stereocenters. The highest BCUT2D eigenvalue weighted by atomic mass is 35.5. The van der Waals surface area contributed by atoms with Crippen molar-refractivity contribution >= 4 is 46.0 Å². The van der Waals surface area contributed by atoms with Crippen molar-refractivity contribution in [3.8, 4) is 0 Å². The highest BCUT2D eigenvalue weighted by Crippen LogP contribution is 2.24. The summed E-state index contributed by atoms with van der Waals surface area (Å²) in [5, 5.41) is 21.5. The maximum atomic E-state index is 12.5. The van der Waals surface area contributed by atoms with Crippen LogP contribution >= 0.6 is 11.6 Å². The molecule has 156 valence electrons. The number of nitrogens with zero attached hydrogens (tertiary/aromatic N) is 4. The Hall–Kier alpha value is -3.98. The number of aromatic nitrogens is 3. The molecular weight excluding hydrogens is 420 g/mol. The lowest BCUT2D eigenvalue weighted by atomic mass is 10.2. The fourth-order valence-corrected chi connectivity index (χ4v) is 3.26. The number of non-ortho nitro benzene ring substituents is 1. The fourth-order valence-electron chi connectivity index (χ4n) is 3.08. The summed E-state index contributed by atoms with van der Waals surface area (Å²) in [6, 6.07) is 14.2. The number of nitrogens with one attached hydrogen (secondary N) is 2. The first-order valence-electron chi connectivity index (χ1n) is 9.40. The number of anilines is 3. The molecule has 0 fully saturated rings. The quantitative estimate of drug-likeness (QED) is 0.253. The standard InChI is InChI=1S/C21H17ClN6O3/c1-2-13-12-23-27-19(11-18(22)26-20(13)27)24-15-4-3-5-16(10-15)25-21(29)14-6-8-17(9-7-14)28(30)31/h3-12,24H,2H2,1H3,(H,25,29). The average Bonchev–Trinajstić information content (AvgIpc) is 3.17. The van der Waals surface area contributed by atoms with E-state index in [1.165, 1.54) is 24.3 Å². The van der Waals surface area contributed by atoms with Crippen LogP contribution in [-0.4, -0.2) is 25.4 Å². The summed E-state index contributed by atoms with van der Waals surface area (Å²) in [5.74, 6) is 0.259. The lowest BCUT2D eigenvalue weighted by Gasteiger charge is -2.11. The molecule has 0 unspecified atom stereocenters. The number of hydrogen-bond acceptors (Lipinski definition) is 6. The number of fused-ring (bicyclic) bond motifs is 1. The third-order valence-electron chi connectivity index (χ3n) is 4.63. The number of amides is 1. The zero-order valence-electron chi connectivity index (χ0n) is 16.4. The van der Waals surface area contributed by atoms with Gasteiger partial charge < -0.3 is 10.6 Å². The average molecular weight is 437 g/mol. The smallest absolute Gasteiger partial charge is 0.269 e. The molecule has 0 saturated heterocycles. The summed E-state index contributed by atoms with van der Waals surface area (Å²) in [6.45, 7) is 2.02. The molecule has 2 N–H and O–H groups in total. The Bertz CT molecular complexity index is 1290. The van der Waals surface area contributed by atoms with Crippen LogP contribution in [0, 0.1) is 10.1 Å². The Morgan fingerprint density at radius 3 is 2.61 bits per heavy atom. The van der Waals surface area contributed by atoms with E-state index in [1.807, 2.05) is 13.0 Å². The molecule has 0 spiro atoms. The Labute approximate surface area is 181 Å². The van der Waals surface area contributed by atoms with Gasteiger partial charge in [-0.3, -0.25) is 14.9 Å². The van der Waals surface area contributed by atoms with Crippen molar-refractivity contribution in [2.45, 2.75) is 13.3 Å². The van der Waals surface area contributed by atoms with Crippen molar-refractivity contribution in [1.82, 2.24) is 14.6 Å². The highest BCUT2D eigenvalue weighted by Gasteiger charge is 2.12. The number of nitro benzene ring substituents is 1. The van der Waals surface area contributed by atoms with Crippen molar-refractivity contribution in [2.75, 3.05) is 10.6 Å². The van der Waals surface area contributed by atoms with Gasteiger partial charge in [0, 0.05) is 40.7 Å². The van der Waals surface area contributed by atoms with E-state index in [0.717, 1.165) is 12.0 Å². The molecule has 0 aliphatic rings. The van der Waals surface area contributed by atoms with Crippen LogP contribution in [0.4, 0.5) is 22.9 Å². The van der Waals surface area contributed by atoms with Gasteiger partial charge >= 0.3 is 0 Å². The van der Waals surface area contributed by atoms with Crippen LogP contribution in [0.2, 0.25) is 5.15 Å². The van der Waals surface area contributed by atoms with Crippen molar-refractivity contribution in [1.29, 1.82) is 0 Å². The van der Waals surface area contributed by atoms with Crippen LogP contribution < -0.4 is 10.6 Å². The minimum absolute atomic E-state index is 0.0741. The van der Waals surface area contributed by atoms with E-state index in [2.05, 4.69) is 20.7 Å². The number of carbonyl (C=O) groups excluding carboxylic acids is 1. The molecule has 9 nitrogen and oxygen atoms in total. The predicted molar refractivity (Wildman–Crippen MR) is 118 cm³/mol. The molecule has 0 saturated carbocycles. The molecule has 0 bridgehead atoms. The first kappa shape index (κ1) is 20.3. The van der Waals surface area contributed by atoms with E-state index >= 15 is 0 Å². The summed E-state index contributed by atoms with van der Waals surface area (Å²) >= 11 is 6.18. The number of hydrogen-bond donors (Lipinski definition) is 2. The number of rotatable bonds is 6. The van der Waals surface area contributed by atoms with Crippen molar-refractivity contribution in [3.63, 3.8) is 0 Å². The van der Waals surface area contributed by atoms with Crippen LogP contribution in [0.5, 0.6) is 0 Å². The topological polar surface area (TPSA) is 114 Å². The first-order chi connectivity index (χ1) is 14.9. The monoisotopic (exact) mass is 436 g/mol. The number of aryl methyl sites for hydroxylation is 1. The molecule has 0 aliphatic carbocycles. The zero-order valence-corrected chi connectivity index (χ0v) is 17.1. The SMILES string of the molecule is CCc1cnn2c(Nc3cccc(NC(=O)c4ccc([N+](=O)[O-])cc4)c3)cc(Cl)nc12. The van der Waals surface area contributed by atoms with E-state index in [-0.39, 0.29) is 11.6 Å². The summed E-state index contributed by atoms with van der Waals surface area (Å²) in [7, 11) is 0. The third-order valence-corrected chi connectivity index (χ3v) is 4.82. The van der Waals surface area contributed by atoms with Gasteiger partial charge in [0.05, 0.1) is 11.1 Å². The van der Waals surface area contributed by atoms with Gasteiger partial charge in [-0.1, -0.05) is 24.6 Å². The van der Waals surface area contributed by atoms with Crippen LogP contribution in [0.3, 0.4) is 0 Å². The Morgan fingerprint density at radius 2 is 1.90 bits per heavy atom. The molecule has 0 radical (unpaired) electrons. The van der Waals surface area contributed by atoms with Gasteiger partial charge in [0.25, 0.3) is 11.6 Å². The lowest BCUT2D eigenvalue weighted by Crippen LogP contribution is -2.12. The molecule has 0 aliphatic heterocycles. The van der Waals surface area contributed by atoms with E-state index in [4.69, 9.17) is 11.6 Å². The second-order valence-corrected chi connectivity index (χ2v) is 7.07. The summed E-state index contributed by atoms with van der Waals surface area (Å²) in [6.07, 6.45) is 2.53. The van der Waals surface area contributed by atoms with Gasteiger partial charge in [0.15, 0.2) is 5.65 Å². The van der Waals surface area contributed by atoms with Gasteiger partial charge in [0.2, 0.25) is 0 Å². The van der Waals surface area contributed by atoms with Crippen LogP contribution in [-0.2, 0) is 6.42 Å². The molecule has 1 amide bonds. The van der Waals surface area contributed by atoms with Gasteiger partial charge in [0.1, 0.15) is 11.0 Å². The minimum atomic E-state index is -0.512. The third kappa shape index (κ3) is 4.31. The fraction of sp³-hybridized carbons (Fsp3) is 0.0952. The predicted octanol–water partition coefficient (Wildman–Crippen LogP) is 4.85. The Kier molecular flexibility index (Phi) is 5.50. The zero-order chi connectivity index (χ0) is 22.0. The maximum absolute atomic E-state index is 12.5. The number of halogens is 1. The van der Waals surface area contributed by atoms with E-state index in [1.54, 1.807) is 35.0 Å². The van der Waals surface area contributed by atoms with E-state index in [0.29, 0.717) is 33.6 Å². The number of benzene rings is 2. The molecule has 4 rings (SSSR count). The second kappa shape index (κ2) is 8.41. The molecule has 2 aromatic heterocycles. The normalized spacial score (nSPS) is 10.8. The molecule has 31 heavy (non-hydrogen) atoms. The van der Waals surface area contributed by atoms with Gasteiger partial charge in [-0.05, 0) is 36.8 Å². The molecule has 2 heterocycles. The maximum Gasteiger partial charge on any atom is 0.269 e. The van der Waals surface area contributed by atoms with E-state index < -0.39 is 4.92 Å². The first-order valence-corrected chi connectivity index (χ1v) is 9.78. The molecular formula is C21H17ClN6O3. The van der Waals surface area contributed by atoms with Crippen molar-refractivity contribution < 1.29 is 9.72 Å². The Balaban J connectivity index is 1.55. The highest BCUT2D eigenvalue weighted by molar-refractivity contribution is 6.29. The molecule has 10 heteroatoms. The van der Waals surface area contributed by atoms with E-state index in [9.17, 15) is 14.9 Å². The van der Waals surface area contributed by atoms with Crippen LogP contribution in [0.15, 0.2) is 60.8 Å². The van der Waals surface area contributed by atoms with Crippen LogP contribution in [0.1, 0.15) is 22.8 Å². The Morgan fingerprint density at radius 1 is 1.16 bits per heavy atom. The van der Waals surface area contributed by atoms with Crippen LogP contribution in [0.25, 0.3) is 5.65 Å². The summed E-state index contributed by atoms with van der Waals surface area (Å²) in [5.41, 5.74) is 3.16. The largest absolute Gasteiger partial charge is 0.340 e. The molecule has 4 aromatic rings. The van der Waals surface area contributed by atoms with Crippen molar-refractivity contribution in [3.05, 3.63) is 87.2 Å². The minimum Gasteiger partial charge on any atom is -0.340 e.